The van der Waals surface area contributed by atoms with E-state index in [1.54, 1.807) is 6.26 Å². The molecule has 3 heterocycles. The van der Waals surface area contributed by atoms with Crippen molar-refractivity contribution in [2.45, 2.75) is 70.4 Å². The van der Waals surface area contributed by atoms with Gasteiger partial charge in [0.15, 0.2) is 6.29 Å². The molecular weight excluding hydrogens is 304 g/mol. The van der Waals surface area contributed by atoms with Gasteiger partial charge in [0.2, 0.25) is 0 Å². The lowest BCUT2D eigenvalue weighted by atomic mass is 9.44. The van der Waals surface area contributed by atoms with Crippen LogP contribution in [0.5, 0.6) is 0 Å². The summed E-state index contributed by atoms with van der Waals surface area (Å²) in [5.74, 6) is 1.12. The van der Waals surface area contributed by atoms with Crippen LogP contribution in [0.2, 0.25) is 0 Å². The van der Waals surface area contributed by atoms with Crippen LogP contribution in [0.25, 0.3) is 0 Å². The van der Waals surface area contributed by atoms with Crippen LogP contribution in [0.1, 0.15) is 51.5 Å². The van der Waals surface area contributed by atoms with Crippen LogP contribution in [0.3, 0.4) is 0 Å². The minimum atomic E-state index is -0.659. The van der Waals surface area contributed by atoms with Crippen molar-refractivity contribution in [3.8, 4) is 0 Å². The highest BCUT2D eigenvalue weighted by Crippen LogP contribution is 2.73. The van der Waals surface area contributed by atoms with E-state index in [1.165, 1.54) is 5.56 Å². The highest BCUT2D eigenvalue weighted by Gasteiger charge is 2.81. The van der Waals surface area contributed by atoms with Gasteiger partial charge in [-0.25, -0.2) is 0 Å². The lowest BCUT2D eigenvalue weighted by Crippen LogP contribution is -2.60. The summed E-state index contributed by atoms with van der Waals surface area (Å²) < 4.78 is 17.2. The molecule has 0 radical (unpaired) electrons. The van der Waals surface area contributed by atoms with Gasteiger partial charge in [-0.2, -0.15) is 0 Å². The Labute approximate surface area is 143 Å². The largest absolute Gasteiger partial charge is 0.472 e. The molecule has 2 saturated heterocycles. The van der Waals surface area contributed by atoms with Crippen molar-refractivity contribution >= 4 is 0 Å². The van der Waals surface area contributed by atoms with Gasteiger partial charge in [-0.05, 0) is 67.4 Å². The van der Waals surface area contributed by atoms with E-state index in [4.69, 9.17) is 13.9 Å². The maximum atomic E-state index is 10.9. The van der Waals surface area contributed by atoms with Crippen molar-refractivity contribution in [3.05, 3.63) is 24.2 Å². The van der Waals surface area contributed by atoms with Gasteiger partial charge in [0.1, 0.15) is 5.60 Å². The Kier molecular flexibility index (Phi) is 3.13. The Balaban J connectivity index is 1.50. The molecule has 4 nitrogen and oxygen atoms in total. The second-order valence-electron chi connectivity index (χ2n) is 8.91. The van der Waals surface area contributed by atoms with E-state index in [9.17, 15) is 5.11 Å². The van der Waals surface area contributed by atoms with Gasteiger partial charge < -0.3 is 19.0 Å². The lowest BCUT2D eigenvalue weighted by Gasteiger charge is -2.59. The topological polar surface area (TPSA) is 55.1 Å². The van der Waals surface area contributed by atoms with Gasteiger partial charge in [-0.15, -0.1) is 0 Å². The minimum Gasteiger partial charge on any atom is -0.472 e. The number of furan rings is 1. The molecule has 4 fully saturated rings. The Morgan fingerprint density at radius 3 is 2.96 bits per heavy atom. The molecule has 1 aromatic rings. The maximum absolute atomic E-state index is 10.9. The number of ether oxygens (including phenoxy) is 2. The molecule has 0 bridgehead atoms. The van der Waals surface area contributed by atoms with E-state index < -0.39 is 6.29 Å². The number of aryl methyl sites for hydroxylation is 1. The number of hydrogen-bond acceptors (Lipinski definition) is 4. The normalized spacial score (nSPS) is 52.5. The molecule has 1 aromatic heterocycles. The van der Waals surface area contributed by atoms with Crippen LogP contribution in [-0.2, 0) is 15.9 Å². The average Bonchev–Trinajstić information content (AvgIpc) is 2.94. The minimum absolute atomic E-state index is 0.187. The van der Waals surface area contributed by atoms with Crippen molar-refractivity contribution in [1.82, 2.24) is 0 Å². The third-order valence-electron chi connectivity index (χ3n) is 8.28. The fourth-order valence-electron chi connectivity index (χ4n) is 6.61. The van der Waals surface area contributed by atoms with E-state index >= 15 is 0 Å². The summed E-state index contributed by atoms with van der Waals surface area (Å²) in [6, 6.07) is 2.07. The van der Waals surface area contributed by atoms with Gasteiger partial charge >= 0.3 is 0 Å². The monoisotopic (exact) mass is 332 g/mol. The Morgan fingerprint density at radius 1 is 1.29 bits per heavy atom. The predicted molar refractivity (Wildman–Crippen MR) is 88.3 cm³/mol. The first-order valence-electron chi connectivity index (χ1n) is 9.51. The highest BCUT2D eigenvalue weighted by atomic mass is 16.7. The molecule has 4 aliphatic rings. The second kappa shape index (κ2) is 4.87. The van der Waals surface area contributed by atoms with Gasteiger partial charge in [0, 0.05) is 0 Å². The predicted octanol–water partition coefficient (Wildman–Crippen LogP) is 3.53. The SMILES string of the molecule is C[C@@H]1CC[C@@]23[C@H](O)OC[C@]24O[C@@H]4CC[C@H]3[C@]1(C)CCc1ccoc1. The van der Waals surface area contributed by atoms with Gasteiger partial charge in [-0.3, -0.25) is 0 Å². The third kappa shape index (κ3) is 1.70. The van der Waals surface area contributed by atoms with Crippen LogP contribution in [0.4, 0.5) is 0 Å². The van der Waals surface area contributed by atoms with E-state index in [1.807, 2.05) is 6.26 Å². The summed E-state index contributed by atoms with van der Waals surface area (Å²) in [7, 11) is 0. The number of rotatable bonds is 3. The van der Waals surface area contributed by atoms with Gasteiger partial charge in [-0.1, -0.05) is 13.8 Å². The summed E-state index contributed by atoms with van der Waals surface area (Å²) in [6.45, 7) is 5.43. The standard InChI is InChI=1S/C20H28O4/c1-13-5-9-19-15(18(13,2)8-6-14-7-10-22-11-14)3-4-16-20(19,24-16)12-23-17(19)21/h7,10-11,13,15-17,21H,3-6,8-9,12H2,1-2H3/t13-,15+,16-,17-,18-,19-,20-/m1/s1. The summed E-state index contributed by atoms with van der Waals surface area (Å²) in [5.41, 5.74) is 1.10. The Bertz CT molecular complexity index is 628. The Hall–Kier alpha value is -0.840. The first-order chi connectivity index (χ1) is 11.5. The molecule has 0 amide bonds. The van der Waals surface area contributed by atoms with Crippen LogP contribution >= 0.6 is 0 Å². The fourth-order valence-corrected chi connectivity index (χ4v) is 6.61. The summed E-state index contributed by atoms with van der Waals surface area (Å²) in [4.78, 5) is 0. The van der Waals surface area contributed by atoms with Crippen LogP contribution in [0, 0.1) is 22.7 Å². The number of aliphatic hydroxyl groups excluding tert-OH is 1. The summed E-state index contributed by atoms with van der Waals surface area (Å²) in [5, 5.41) is 10.9. The van der Waals surface area contributed by atoms with Crippen molar-refractivity contribution in [2.24, 2.45) is 22.7 Å². The first-order valence-corrected chi connectivity index (χ1v) is 9.51. The zero-order valence-corrected chi connectivity index (χ0v) is 14.7. The summed E-state index contributed by atoms with van der Waals surface area (Å²) in [6.07, 6.45) is 9.92. The molecule has 0 aromatic carbocycles. The maximum Gasteiger partial charge on any atom is 0.163 e. The van der Waals surface area contributed by atoms with Crippen molar-refractivity contribution in [3.63, 3.8) is 0 Å². The molecule has 5 rings (SSSR count). The number of epoxide rings is 1. The Morgan fingerprint density at radius 2 is 2.17 bits per heavy atom. The highest BCUT2D eigenvalue weighted by molar-refractivity contribution is 5.26. The van der Waals surface area contributed by atoms with E-state index in [-0.39, 0.29) is 16.4 Å². The fraction of sp³-hybridized carbons (Fsp3) is 0.800. The van der Waals surface area contributed by atoms with Crippen LogP contribution in [0.15, 0.2) is 23.0 Å². The number of hydrogen-bond donors (Lipinski definition) is 1. The molecule has 7 atom stereocenters. The third-order valence-corrected chi connectivity index (χ3v) is 8.28. The van der Waals surface area contributed by atoms with Crippen LogP contribution < -0.4 is 0 Å². The smallest absolute Gasteiger partial charge is 0.163 e. The zero-order chi connectivity index (χ0) is 16.6. The molecule has 132 valence electrons. The molecule has 2 aliphatic carbocycles. The molecule has 24 heavy (non-hydrogen) atoms. The van der Waals surface area contributed by atoms with Gasteiger partial charge in [0.05, 0.1) is 30.7 Å². The molecule has 4 heteroatoms. The average molecular weight is 332 g/mol. The molecule has 0 unspecified atom stereocenters. The zero-order valence-electron chi connectivity index (χ0n) is 14.7. The van der Waals surface area contributed by atoms with Crippen molar-refractivity contribution < 1.29 is 19.0 Å². The second-order valence-corrected chi connectivity index (χ2v) is 8.91. The first kappa shape index (κ1) is 15.4. The van der Waals surface area contributed by atoms with Gasteiger partial charge in [0.25, 0.3) is 0 Å². The van der Waals surface area contributed by atoms with Crippen molar-refractivity contribution in [1.29, 1.82) is 0 Å². The molecular formula is C20H28O4. The quantitative estimate of drug-likeness (QED) is 0.860. The molecule has 2 aliphatic heterocycles. The van der Waals surface area contributed by atoms with Crippen LogP contribution in [-0.4, -0.2) is 29.7 Å². The van der Waals surface area contributed by atoms with E-state index in [2.05, 4.69) is 19.9 Å². The molecule has 1 N–H and O–H groups in total. The lowest BCUT2D eigenvalue weighted by molar-refractivity contribution is -0.197. The summed E-state index contributed by atoms with van der Waals surface area (Å²) >= 11 is 0. The molecule has 2 spiro atoms. The number of aliphatic hydroxyl groups is 1. The van der Waals surface area contributed by atoms with E-state index in [0.29, 0.717) is 24.5 Å². The molecule has 2 saturated carbocycles. The van der Waals surface area contributed by atoms with Crippen molar-refractivity contribution in [2.75, 3.05) is 6.61 Å². The van der Waals surface area contributed by atoms with E-state index in [0.717, 1.165) is 38.5 Å².